The molecule has 2 nitrogen and oxygen atoms in total. The highest BCUT2D eigenvalue weighted by Gasteiger charge is 2.22. The molecule has 0 unspecified atom stereocenters. The normalized spacial score (nSPS) is 11.4. The lowest BCUT2D eigenvalue weighted by atomic mass is 9.84. The minimum atomic E-state index is 0.859. The van der Waals surface area contributed by atoms with Crippen LogP contribution in [0.5, 0.6) is 0 Å². The van der Waals surface area contributed by atoms with Crippen molar-refractivity contribution in [3.63, 3.8) is 0 Å². The van der Waals surface area contributed by atoms with Crippen molar-refractivity contribution >= 4 is 60.5 Å². The zero-order valence-corrected chi connectivity index (χ0v) is 31.7. The average Bonchev–Trinajstić information content (AvgIpc) is 3.69. The summed E-state index contributed by atoms with van der Waals surface area (Å²) in [5.41, 5.74) is 14.3. The number of rotatable bonds is 7. The molecule has 0 amide bonds. The van der Waals surface area contributed by atoms with Gasteiger partial charge in [0.2, 0.25) is 0 Å². The summed E-state index contributed by atoms with van der Waals surface area (Å²) in [7, 11) is 0. The van der Waals surface area contributed by atoms with Crippen molar-refractivity contribution in [2.45, 2.75) is 0 Å². The Hall–Kier alpha value is -7.68. The number of nitrogens with zero attached hydrogens (tertiary/aromatic N) is 1. The minimum absolute atomic E-state index is 0.859. The minimum Gasteiger partial charge on any atom is -0.454 e. The molecule has 0 saturated heterocycles. The molecule has 58 heavy (non-hydrogen) atoms. The number of benzene rings is 10. The summed E-state index contributed by atoms with van der Waals surface area (Å²) < 4.78 is 6.68. The Kier molecular flexibility index (Phi) is 8.19. The van der Waals surface area contributed by atoms with Gasteiger partial charge >= 0.3 is 0 Å². The van der Waals surface area contributed by atoms with E-state index in [1.54, 1.807) is 0 Å². The van der Waals surface area contributed by atoms with E-state index in [9.17, 15) is 0 Å². The van der Waals surface area contributed by atoms with Gasteiger partial charge in [-0.2, -0.15) is 0 Å². The third-order valence-electron chi connectivity index (χ3n) is 11.4. The Morgan fingerprint density at radius 1 is 0.276 bits per heavy atom. The molecule has 0 bridgehead atoms. The molecule has 0 radical (unpaired) electrons. The Labute approximate surface area is 337 Å². The van der Waals surface area contributed by atoms with Crippen LogP contribution in [0.2, 0.25) is 0 Å². The van der Waals surface area contributed by atoms with Crippen LogP contribution in [-0.4, -0.2) is 0 Å². The third-order valence-corrected chi connectivity index (χ3v) is 11.4. The lowest BCUT2D eigenvalue weighted by molar-refractivity contribution is 0.669. The van der Waals surface area contributed by atoms with Crippen LogP contribution in [0.15, 0.2) is 229 Å². The predicted octanol–water partition coefficient (Wildman–Crippen LogP) is 16.0. The van der Waals surface area contributed by atoms with Gasteiger partial charge in [0.15, 0.2) is 5.58 Å². The molecule has 0 spiro atoms. The molecule has 11 aromatic rings. The van der Waals surface area contributed by atoms with Gasteiger partial charge in [0.1, 0.15) is 5.58 Å². The molecule has 0 fully saturated rings. The largest absolute Gasteiger partial charge is 0.454 e. The van der Waals surface area contributed by atoms with Gasteiger partial charge in [0.25, 0.3) is 0 Å². The van der Waals surface area contributed by atoms with Crippen molar-refractivity contribution < 1.29 is 4.42 Å². The Bertz CT molecular complexity index is 3270. The number of fused-ring (bicyclic) bond motifs is 6. The summed E-state index contributed by atoms with van der Waals surface area (Å²) in [4.78, 5) is 2.35. The molecular weight excluding hydrogens is 703 g/mol. The quantitative estimate of drug-likeness (QED) is 0.151. The maximum absolute atomic E-state index is 6.68. The Balaban J connectivity index is 1.14. The van der Waals surface area contributed by atoms with Crippen LogP contribution in [-0.2, 0) is 0 Å². The van der Waals surface area contributed by atoms with Crippen LogP contribution in [0.3, 0.4) is 0 Å². The molecule has 1 heterocycles. The fourth-order valence-corrected chi connectivity index (χ4v) is 8.80. The smallest absolute Gasteiger partial charge is 0.159 e. The third kappa shape index (κ3) is 5.74. The van der Waals surface area contributed by atoms with E-state index in [-0.39, 0.29) is 0 Å². The van der Waals surface area contributed by atoms with E-state index in [0.717, 1.165) is 55.7 Å². The molecule has 1 aromatic heterocycles. The molecule has 0 aliphatic rings. The zero-order valence-electron chi connectivity index (χ0n) is 31.7. The first-order valence-corrected chi connectivity index (χ1v) is 19.8. The highest BCUT2D eigenvalue weighted by molar-refractivity contribution is 6.22. The van der Waals surface area contributed by atoms with Crippen molar-refractivity contribution in [3.8, 4) is 44.5 Å². The van der Waals surface area contributed by atoms with Crippen molar-refractivity contribution in [3.05, 3.63) is 224 Å². The van der Waals surface area contributed by atoms with Crippen molar-refractivity contribution in [2.75, 3.05) is 4.90 Å². The first-order chi connectivity index (χ1) is 28.8. The molecule has 272 valence electrons. The van der Waals surface area contributed by atoms with E-state index in [1.165, 1.54) is 49.4 Å². The van der Waals surface area contributed by atoms with Crippen LogP contribution >= 0.6 is 0 Å². The fraction of sp³-hybridized carbons (Fsp3) is 0. The molecule has 0 saturated carbocycles. The summed E-state index contributed by atoms with van der Waals surface area (Å²) in [6.45, 7) is 0. The van der Waals surface area contributed by atoms with Gasteiger partial charge in [-0.05, 0) is 109 Å². The molecule has 11 rings (SSSR count). The number of anilines is 3. The van der Waals surface area contributed by atoms with E-state index in [1.807, 2.05) is 6.07 Å². The number of furan rings is 1. The van der Waals surface area contributed by atoms with E-state index in [2.05, 4.69) is 223 Å². The summed E-state index contributed by atoms with van der Waals surface area (Å²) >= 11 is 0. The highest BCUT2D eigenvalue weighted by atomic mass is 16.3. The van der Waals surface area contributed by atoms with Crippen LogP contribution in [0.4, 0.5) is 17.1 Å². The van der Waals surface area contributed by atoms with Crippen LogP contribution in [0, 0.1) is 0 Å². The summed E-state index contributed by atoms with van der Waals surface area (Å²) in [6, 6.07) is 80.6. The molecule has 10 aromatic carbocycles. The van der Waals surface area contributed by atoms with Gasteiger partial charge in [0, 0.05) is 22.1 Å². The second-order valence-corrected chi connectivity index (χ2v) is 14.8. The van der Waals surface area contributed by atoms with E-state index in [4.69, 9.17) is 4.42 Å². The van der Waals surface area contributed by atoms with Gasteiger partial charge in [-0.25, -0.2) is 0 Å². The first kappa shape index (κ1) is 33.6. The summed E-state index contributed by atoms with van der Waals surface area (Å²) in [5.74, 6) is 0. The molecule has 0 N–H and O–H groups in total. The topological polar surface area (TPSA) is 16.4 Å². The van der Waals surface area contributed by atoms with E-state index >= 15 is 0 Å². The maximum Gasteiger partial charge on any atom is 0.159 e. The van der Waals surface area contributed by atoms with E-state index < -0.39 is 0 Å². The number of para-hydroxylation sites is 2. The number of hydrogen-bond acceptors (Lipinski definition) is 2. The van der Waals surface area contributed by atoms with Crippen molar-refractivity contribution in [2.24, 2.45) is 0 Å². The fourth-order valence-electron chi connectivity index (χ4n) is 8.80. The zero-order chi connectivity index (χ0) is 38.4. The highest BCUT2D eigenvalue weighted by Crippen LogP contribution is 2.47. The van der Waals surface area contributed by atoms with Crippen LogP contribution in [0.25, 0.3) is 88.0 Å². The van der Waals surface area contributed by atoms with Crippen molar-refractivity contribution in [1.29, 1.82) is 0 Å². The first-order valence-electron chi connectivity index (χ1n) is 19.8. The predicted molar refractivity (Wildman–Crippen MR) is 245 cm³/mol. The number of hydrogen-bond donors (Lipinski definition) is 0. The summed E-state index contributed by atoms with van der Waals surface area (Å²) in [5, 5.41) is 7.18. The standard InChI is InChI=1S/C56H37NO/c1-4-17-38(18-5-1)41-23-14-25-44(35-41)57(52-31-16-30-50-48-28-12-13-32-53(48)58-56(50)52)45-26-15-24-42(36-45)43-33-34-47-46-27-10-11-29-49(46)54(39-19-6-2-7-20-39)55(51(47)37-43)40-21-8-3-9-22-40/h1-37H. The van der Waals surface area contributed by atoms with Gasteiger partial charge in [-0.3, -0.25) is 0 Å². The summed E-state index contributed by atoms with van der Waals surface area (Å²) in [6.07, 6.45) is 0. The second-order valence-electron chi connectivity index (χ2n) is 14.8. The monoisotopic (exact) mass is 739 g/mol. The van der Waals surface area contributed by atoms with Gasteiger partial charge in [-0.15, -0.1) is 0 Å². The van der Waals surface area contributed by atoms with Crippen LogP contribution < -0.4 is 4.90 Å². The van der Waals surface area contributed by atoms with Crippen molar-refractivity contribution in [1.82, 2.24) is 0 Å². The molecule has 0 aliphatic carbocycles. The second kappa shape index (κ2) is 14.1. The van der Waals surface area contributed by atoms with Gasteiger partial charge in [-0.1, -0.05) is 182 Å². The van der Waals surface area contributed by atoms with Gasteiger partial charge in [0.05, 0.1) is 5.69 Å². The average molecular weight is 740 g/mol. The van der Waals surface area contributed by atoms with E-state index in [0.29, 0.717) is 0 Å². The Morgan fingerprint density at radius 3 is 1.41 bits per heavy atom. The molecule has 0 aliphatic heterocycles. The molecule has 2 heteroatoms. The lowest BCUT2D eigenvalue weighted by Crippen LogP contribution is -2.10. The van der Waals surface area contributed by atoms with Crippen LogP contribution in [0.1, 0.15) is 0 Å². The SMILES string of the molecule is c1ccc(-c2cccc(N(c3cccc(-c4ccc5c(c4)c(-c4ccccc4)c(-c4ccccc4)c4ccccc45)c3)c3cccc4c3oc3ccccc34)c2)cc1. The van der Waals surface area contributed by atoms with Gasteiger partial charge < -0.3 is 9.32 Å². The maximum atomic E-state index is 6.68. The Morgan fingerprint density at radius 2 is 0.741 bits per heavy atom. The lowest BCUT2D eigenvalue weighted by Gasteiger charge is -2.26. The molecule has 0 atom stereocenters. The molecular formula is C56H37NO.